The molecule has 36 nitrogen and oxygen atoms in total. The zero-order valence-electron chi connectivity index (χ0n) is 53.2. The first-order valence-electron chi connectivity index (χ1n) is 29.7. The molecule has 9 N–H and O–H groups in total. The van der Waals surface area contributed by atoms with Gasteiger partial charge in [0.25, 0.3) is 16.0 Å². The van der Waals surface area contributed by atoms with Crippen LogP contribution in [0.5, 0.6) is 5.75 Å². The first-order chi connectivity index (χ1) is 45.7. The van der Waals surface area contributed by atoms with Crippen LogP contribution in [0.1, 0.15) is 74.5 Å². The average molecular weight is 1430 g/mol. The zero-order chi connectivity index (χ0) is 71.1. The SMILES string of the molecule is CCN1/C(=C/C=C/C2=[N+](CCC(=O)NCCNC(=O)c3cccc(OCC(N=[N+]=[N-])OCCOCC(=O)NCC#CC4CN(C5CC(OCN=[N+]=[N-])C(COP(=O)(O)OP(=O)(O)OP(=O)(O)O)O5)C(=O)NC4=O)c3)c3ccc(C)cc3C2(C)C)C(C)(C)c2cc(S(=O)(=O)O)ccc21. The van der Waals surface area contributed by atoms with Crippen molar-refractivity contribution >= 4 is 80.3 Å². The van der Waals surface area contributed by atoms with Crippen molar-refractivity contribution in [1.82, 2.24) is 26.2 Å². The topological polar surface area (TPSA) is 501 Å². The molecule has 6 amide bonds. The van der Waals surface area contributed by atoms with Gasteiger partial charge in [0.05, 0.1) is 49.2 Å². The number of amides is 6. The molecule has 2 saturated heterocycles. The highest BCUT2D eigenvalue weighted by atomic mass is 32.2. The summed E-state index contributed by atoms with van der Waals surface area (Å²) in [4.78, 5) is 110. The van der Waals surface area contributed by atoms with E-state index in [1.54, 1.807) is 24.3 Å². The quantitative estimate of drug-likeness (QED) is 0.00549. The molecule has 7 unspecified atom stereocenters. The molecule has 4 aliphatic heterocycles. The van der Waals surface area contributed by atoms with E-state index >= 15 is 0 Å². The average Bonchev–Trinajstić information content (AvgIpc) is 1.60. The summed E-state index contributed by atoms with van der Waals surface area (Å²) in [5, 5.41) is 17.0. The summed E-state index contributed by atoms with van der Waals surface area (Å²) in [5.74, 6) is 2.15. The number of carbonyl (C=O) groups excluding carboxylic acids is 5. The molecule has 3 aromatic carbocycles. The lowest BCUT2D eigenvalue weighted by molar-refractivity contribution is -0.436. The molecule has 0 bridgehead atoms. The number of nitrogens with one attached hydrogen (secondary N) is 4. The maximum absolute atomic E-state index is 13.4. The van der Waals surface area contributed by atoms with Crippen molar-refractivity contribution in [3.63, 3.8) is 0 Å². The van der Waals surface area contributed by atoms with Gasteiger partial charge in [-0.1, -0.05) is 59.7 Å². The molecular formula is C57H73N13O23P3S+. The fourth-order valence-corrected chi connectivity index (χ4v) is 14.4. The number of fused-ring (bicyclic) bond motifs is 2. The summed E-state index contributed by atoms with van der Waals surface area (Å²) >= 11 is 0. The number of phosphoric ester groups is 1. The first-order valence-corrected chi connectivity index (χ1v) is 35.6. The van der Waals surface area contributed by atoms with Crippen molar-refractivity contribution in [3.05, 3.63) is 128 Å². The predicted molar refractivity (Wildman–Crippen MR) is 342 cm³/mol. The fraction of sp³-hybridized carbons (Fsp3) is 0.474. The van der Waals surface area contributed by atoms with E-state index in [1.807, 2.05) is 52.0 Å². The van der Waals surface area contributed by atoms with Crippen LogP contribution in [0.3, 0.4) is 0 Å². The molecule has 0 radical (unpaired) electrons. The van der Waals surface area contributed by atoms with Crippen LogP contribution in [0.4, 0.5) is 16.2 Å². The lowest BCUT2D eigenvalue weighted by Crippen LogP contribution is -2.57. The number of aryl methyl sites for hydroxylation is 1. The summed E-state index contributed by atoms with van der Waals surface area (Å²) < 4.78 is 111. The molecule has 0 saturated carbocycles. The van der Waals surface area contributed by atoms with Gasteiger partial charge in [0.2, 0.25) is 23.4 Å². The van der Waals surface area contributed by atoms with Gasteiger partial charge in [0.15, 0.2) is 18.5 Å². The lowest BCUT2D eigenvalue weighted by atomic mass is 9.80. The Balaban J connectivity index is 0.816. The Bertz CT molecular complexity index is 4030. The molecule has 524 valence electrons. The Morgan fingerprint density at radius 2 is 1.69 bits per heavy atom. The Hall–Kier alpha value is -7.90. The summed E-state index contributed by atoms with van der Waals surface area (Å²) in [6, 6.07) is 16.1. The lowest BCUT2D eigenvalue weighted by Gasteiger charge is -2.33. The van der Waals surface area contributed by atoms with Crippen molar-refractivity contribution in [2.24, 2.45) is 16.1 Å². The van der Waals surface area contributed by atoms with E-state index in [9.17, 15) is 60.4 Å². The Morgan fingerprint density at radius 1 is 0.938 bits per heavy atom. The monoisotopic (exact) mass is 1430 g/mol. The molecule has 0 aliphatic carbocycles. The molecule has 40 heteroatoms. The standard InChI is InChI=1S/C57H72N13O23P3S/c1-7-68-43-19-17-40(97(83,84)85)29-42(43)57(5,6)47(68)14-9-15-48-56(3,4)41-27-36(2)16-18-44(41)69(48)24-20-49(71)61-22-23-62-53(73)37-11-8-13-39(28-37)88-34-51(65-67-59)87-26-25-86-33-50(72)60-21-10-12-38-31-70(55(75)64-54(38)74)52-30-45(89-35-63-66-58)46(91-52)32-90-95(79,80)93-96(81,82)92-94(76,77)78/h8-9,11,13-19,27-29,38,45-46,51-52H,7,20-26,30-35H2,1-6H3,(H8-,60,61,62,64,71,72,73,74,75,76,77,78,79,80,81,82,83,84,85)/p+1. The van der Waals surface area contributed by atoms with E-state index in [0.717, 1.165) is 44.4 Å². The molecule has 7 rings (SSSR count). The van der Waals surface area contributed by atoms with Gasteiger partial charge in [-0.15, -0.1) is 0 Å². The maximum Gasteiger partial charge on any atom is 0.490 e. The van der Waals surface area contributed by atoms with Crippen LogP contribution in [0.2, 0.25) is 0 Å². The van der Waals surface area contributed by atoms with Crippen LogP contribution in [-0.4, -0.2) is 181 Å². The largest absolute Gasteiger partial charge is 0.491 e. The minimum atomic E-state index is -5.86. The Morgan fingerprint density at radius 3 is 2.40 bits per heavy atom. The summed E-state index contributed by atoms with van der Waals surface area (Å²) in [6.07, 6.45) is 0.961. The Labute approximate surface area is 556 Å². The van der Waals surface area contributed by atoms with Crippen molar-refractivity contribution < 1.29 is 112 Å². The highest BCUT2D eigenvalue weighted by Gasteiger charge is 2.48. The van der Waals surface area contributed by atoms with E-state index in [0.29, 0.717) is 13.1 Å². The molecular weight excluding hydrogens is 1360 g/mol. The van der Waals surface area contributed by atoms with Crippen LogP contribution in [0.25, 0.3) is 20.9 Å². The highest BCUT2D eigenvalue weighted by molar-refractivity contribution is 7.85. The molecule has 97 heavy (non-hydrogen) atoms. The van der Waals surface area contributed by atoms with Gasteiger partial charge < -0.3 is 64.1 Å². The second kappa shape index (κ2) is 33.1. The maximum atomic E-state index is 13.4. The molecule has 3 aromatic rings. The normalized spacial score (nSPS) is 20.7. The third-order valence-corrected chi connectivity index (χ3v) is 20.0. The van der Waals surface area contributed by atoms with Crippen LogP contribution >= 0.6 is 23.5 Å². The number of imide groups is 1. The number of anilines is 1. The number of allylic oxidation sites excluding steroid dienone is 4. The van der Waals surface area contributed by atoms with E-state index < -0.39 is 119 Å². The van der Waals surface area contributed by atoms with Gasteiger partial charge in [-0.2, -0.15) is 21.6 Å². The second-order valence-corrected chi connectivity index (χ2v) is 28.6. The molecule has 4 aliphatic rings. The van der Waals surface area contributed by atoms with E-state index in [4.69, 9.17) is 44.5 Å². The van der Waals surface area contributed by atoms with Crippen molar-refractivity contribution in [1.29, 1.82) is 0 Å². The number of phosphoric acid groups is 3. The van der Waals surface area contributed by atoms with Crippen LogP contribution in [0, 0.1) is 24.7 Å². The van der Waals surface area contributed by atoms with Gasteiger partial charge in [0, 0.05) is 82.5 Å². The highest BCUT2D eigenvalue weighted by Crippen LogP contribution is 2.66. The van der Waals surface area contributed by atoms with Crippen LogP contribution in [0.15, 0.2) is 99.7 Å². The predicted octanol–water partition coefficient (Wildman–Crippen LogP) is 5.26. The fourth-order valence-electron chi connectivity index (χ4n) is 10.9. The first kappa shape index (κ1) is 76.5. The zero-order valence-corrected chi connectivity index (χ0v) is 56.7. The number of likely N-dealkylation sites (N-methyl/N-ethyl adjacent to an activating group) is 1. The molecule has 4 heterocycles. The summed E-state index contributed by atoms with van der Waals surface area (Å²) in [7, 11) is -21.6. The van der Waals surface area contributed by atoms with Crippen molar-refractivity contribution in [3.8, 4) is 17.6 Å². The summed E-state index contributed by atoms with van der Waals surface area (Å²) in [5.41, 5.74) is 23.8. The number of benzene rings is 3. The van der Waals surface area contributed by atoms with Crippen molar-refractivity contribution in [2.45, 2.75) is 94.8 Å². The van der Waals surface area contributed by atoms with E-state index in [-0.39, 0.29) is 81.0 Å². The minimum Gasteiger partial charge on any atom is -0.491 e. The van der Waals surface area contributed by atoms with Crippen LogP contribution in [-0.2, 0) is 81.1 Å². The number of nitrogens with zero attached hydrogens (tertiary/aromatic N) is 9. The summed E-state index contributed by atoms with van der Waals surface area (Å²) in [6.45, 7) is 10.2. The minimum absolute atomic E-state index is 0.102. The number of ether oxygens (including phenoxy) is 5. The molecule has 2 fully saturated rings. The number of rotatable bonds is 33. The number of carbonyl (C=O) groups is 5. The third-order valence-electron chi connectivity index (χ3n) is 15.4. The smallest absolute Gasteiger partial charge is 0.490 e. The van der Waals surface area contributed by atoms with Gasteiger partial charge in [-0.3, -0.25) is 38.5 Å². The molecule has 0 spiro atoms. The van der Waals surface area contributed by atoms with E-state index in [2.05, 4.69) is 102 Å². The number of azide groups is 2. The van der Waals surface area contributed by atoms with Crippen molar-refractivity contribution in [2.75, 3.05) is 83.9 Å². The number of urea groups is 1. The third kappa shape index (κ3) is 21.1. The van der Waals surface area contributed by atoms with E-state index in [1.165, 1.54) is 18.2 Å². The molecule has 0 aromatic heterocycles. The van der Waals surface area contributed by atoms with Crippen LogP contribution < -0.4 is 30.9 Å². The van der Waals surface area contributed by atoms with Gasteiger partial charge in [-0.25, -0.2) is 18.5 Å². The van der Waals surface area contributed by atoms with Gasteiger partial charge in [0.1, 0.15) is 43.9 Å². The number of hydrogen-bond acceptors (Lipinski definition) is 21. The number of hydrogen-bond donors (Lipinski definition) is 9. The Kier molecular flexibility index (Phi) is 26.1. The van der Waals surface area contributed by atoms with Gasteiger partial charge in [-0.05, 0) is 92.9 Å². The van der Waals surface area contributed by atoms with Gasteiger partial charge >= 0.3 is 29.5 Å². The molecule has 7 atom stereocenters. The second-order valence-electron chi connectivity index (χ2n) is 22.8.